The minimum atomic E-state index is 0.992. The fourth-order valence-electron chi connectivity index (χ4n) is 3.43. The summed E-state index contributed by atoms with van der Waals surface area (Å²) in [5.41, 5.74) is 4.41. The molecule has 1 N–H and O–H groups in total. The molecule has 1 aromatic carbocycles. The van der Waals surface area contributed by atoms with Crippen LogP contribution in [0.15, 0.2) is 12.1 Å². The quantitative estimate of drug-likeness (QED) is 0.917. The third kappa shape index (κ3) is 3.55. The predicted octanol–water partition coefficient (Wildman–Crippen LogP) is 3.06. The molecule has 0 amide bonds. The molecule has 1 heterocycles. The van der Waals surface area contributed by atoms with Gasteiger partial charge in [0.25, 0.3) is 0 Å². The first-order valence-corrected chi connectivity index (χ1v) is 8.44. The van der Waals surface area contributed by atoms with E-state index >= 15 is 0 Å². The van der Waals surface area contributed by atoms with E-state index in [0.717, 1.165) is 24.5 Å². The molecule has 0 bridgehead atoms. The number of rotatable bonds is 4. The zero-order chi connectivity index (χ0) is 13.8. The van der Waals surface area contributed by atoms with Crippen molar-refractivity contribution in [1.29, 1.82) is 0 Å². The molecule has 0 unspecified atom stereocenters. The standard InChI is InChI=1S/C17H25ClN2/c18-17-13-15-5-2-1-4-14(15)12-16(17)6-3-9-20-10-7-19-8-11-20/h12-13,19H,1-11H2. The third-order valence-electron chi connectivity index (χ3n) is 4.64. The molecule has 110 valence electrons. The Labute approximate surface area is 127 Å². The van der Waals surface area contributed by atoms with E-state index in [1.807, 2.05) is 0 Å². The molecule has 20 heavy (non-hydrogen) atoms. The van der Waals surface area contributed by atoms with Crippen molar-refractivity contribution in [3.05, 3.63) is 33.8 Å². The van der Waals surface area contributed by atoms with E-state index in [1.54, 1.807) is 5.56 Å². The summed E-state index contributed by atoms with van der Waals surface area (Å²) in [7, 11) is 0. The minimum Gasteiger partial charge on any atom is -0.314 e. The Morgan fingerprint density at radius 1 is 1.05 bits per heavy atom. The van der Waals surface area contributed by atoms with E-state index in [0.29, 0.717) is 0 Å². The van der Waals surface area contributed by atoms with Crippen LogP contribution in [0.5, 0.6) is 0 Å². The normalized spacial score (nSPS) is 19.9. The summed E-state index contributed by atoms with van der Waals surface area (Å²) in [6.07, 6.45) is 7.47. The van der Waals surface area contributed by atoms with E-state index in [1.165, 1.54) is 62.9 Å². The fourth-order valence-corrected chi connectivity index (χ4v) is 3.71. The lowest BCUT2D eigenvalue weighted by Crippen LogP contribution is -2.43. The highest BCUT2D eigenvalue weighted by atomic mass is 35.5. The van der Waals surface area contributed by atoms with Gasteiger partial charge in [-0.1, -0.05) is 17.7 Å². The van der Waals surface area contributed by atoms with Gasteiger partial charge in [-0.3, -0.25) is 0 Å². The lowest BCUT2D eigenvalue weighted by molar-refractivity contribution is 0.238. The van der Waals surface area contributed by atoms with E-state index < -0.39 is 0 Å². The lowest BCUT2D eigenvalue weighted by Gasteiger charge is -2.27. The van der Waals surface area contributed by atoms with Crippen molar-refractivity contribution in [2.45, 2.75) is 38.5 Å². The van der Waals surface area contributed by atoms with Crippen LogP contribution in [0.3, 0.4) is 0 Å². The van der Waals surface area contributed by atoms with E-state index in [2.05, 4.69) is 22.3 Å². The Kier molecular flexibility index (Phi) is 4.98. The molecule has 1 fully saturated rings. The SMILES string of the molecule is Clc1cc2c(cc1CCCN1CCNCC1)CCCC2. The van der Waals surface area contributed by atoms with Crippen molar-refractivity contribution >= 4 is 11.6 Å². The van der Waals surface area contributed by atoms with Gasteiger partial charge in [0, 0.05) is 31.2 Å². The Balaban J connectivity index is 1.56. The second-order valence-corrected chi connectivity index (χ2v) is 6.52. The minimum absolute atomic E-state index is 0.992. The molecule has 0 atom stereocenters. The van der Waals surface area contributed by atoms with Crippen LogP contribution in [0, 0.1) is 0 Å². The summed E-state index contributed by atoms with van der Waals surface area (Å²) in [6.45, 7) is 5.87. The number of nitrogens with zero attached hydrogens (tertiary/aromatic N) is 1. The maximum Gasteiger partial charge on any atom is 0.0440 e. The van der Waals surface area contributed by atoms with Crippen LogP contribution in [-0.2, 0) is 19.3 Å². The summed E-state index contributed by atoms with van der Waals surface area (Å²) in [6, 6.07) is 4.62. The molecule has 0 saturated carbocycles. The monoisotopic (exact) mass is 292 g/mol. The van der Waals surface area contributed by atoms with Crippen molar-refractivity contribution in [1.82, 2.24) is 10.2 Å². The predicted molar refractivity (Wildman–Crippen MR) is 85.7 cm³/mol. The highest BCUT2D eigenvalue weighted by molar-refractivity contribution is 6.31. The average molecular weight is 293 g/mol. The van der Waals surface area contributed by atoms with Crippen molar-refractivity contribution in [3.8, 4) is 0 Å². The highest BCUT2D eigenvalue weighted by Crippen LogP contribution is 2.28. The van der Waals surface area contributed by atoms with Gasteiger partial charge in [0.15, 0.2) is 0 Å². The van der Waals surface area contributed by atoms with Crippen LogP contribution < -0.4 is 5.32 Å². The number of hydrogen-bond acceptors (Lipinski definition) is 2. The zero-order valence-corrected chi connectivity index (χ0v) is 13.0. The number of nitrogens with one attached hydrogen (secondary N) is 1. The zero-order valence-electron chi connectivity index (χ0n) is 12.3. The molecule has 0 spiro atoms. The first-order valence-electron chi connectivity index (χ1n) is 8.06. The van der Waals surface area contributed by atoms with E-state index in [4.69, 9.17) is 11.6 Å². The summed E-state index contributed by atoms with van der Waals surface area (Å²) in [5, 5.41) is 4.39. The molecule has 0 aromatic heterocycles. The Bertz CT molecular complexity index is 453. The molecule has 2 aliphatic rings. The first-order chi connectivity index (χ1) is 9.83. The average Bonchev–Trinajstić information content (AvgIpc) is 2.49. The summed E-state index contributed by atoms with van der Waals surface area (Å²) in [5.74, 6) is 0. The van der Waals surface area contributed by atoms with Gasteiger partial charge in [0.1, 0.15) is 0 Å². The van der Waals surface area contributed by atoms with Crippen LogP contribution in [0.1, 0.15) is 36.0 Å². The summed E-state index contributed by atoms with van der Waals surface area (Å²) in [4.78, 5) is 2.56. The van der Waals surface area contributed by atoms with Crippen LogP contribution in [0.25, 0.3) is 0 Å². The van der Waals surface area contributed by atoms with Crippen molar-refractivity contribution in [2.75, 3.05) is 32.7 Å². The number of hydrogen-bond donors (Lipinski definition) is 1. The molecule has 1 saturated heterocycles. The molecule has 2 nitrogen and oxygen atoms in total. The van der Waals surface area contributed by atoms with Gasteiger partial charge in [-0.25, -0.2) is 0 Å². The van der Waals surface area contributed by atoms with Gasteiger partial charge in [-0.15, -0.1) is 0 Å². The number of benzene rings is 1. The lowest BCUT2D eigenvalue weighted by atomic mass is 9.89. The molecule has 1 aliphatic heterocycles. The first kappa shape index (κ1) is 14.4. The molecule has 1 aromatic rings. The maximum absolute atomic E-state index is 6.46. The largest absolute Gasteiger partial charge is 0.314 e. The number of aryl methyl sites for hydroxylation is 3. The second-order valence-electron chi connectivity index (χ2n) is 6.11. The van der Waals surface area contributed by atoms with Crippen LogP contribution in [-0.4, -0.2) is 37.6 Å². The van der Waals surface area contributed by atoms with Crippen LogP contribution >= 0.6 is 11.6 Å². The van der Waals surface area contributed by atoms with Crippen molar-refractivity contribution in [2.24, 2.45) is 0 Å². The van der Waals surface area contributed by atoms with Crippen LogP contribution in [0.2, 0.25) is 5.02 Å². The number of piperazine rings is 1. The Morgan fingerprint density at radius 2 is 1.75 bits per heavy atom. The highest BCUT2D eigenvalue weighted by Gasteiger charge is 2.13. The Hall–Kier alpha value is -0.570. The van der Waals surface area contributed by atoms with E-state index in [9.17, 15) is 0 Å². The molecular formula is C17H25ClN2. The molecular weight excluding hydrogens is 268 g/mol. The van der Waals surface area contributed by atoms with Crippen molar-refractivity contribution in [3.63, 3.8) is 0 Å². The summed E-state index contributed by atoms with van der Waals surface area (Å²) < 4.78 is 0. The number of fused-ring (bicyclic) bond motifs is 1. The molecule has 3 heteroatoms. The summed E-state index contributed by atoms with van der Waals surface area (Å²) >= 11 is 6.46. The molecule has 3 rings (SSSR count). The smallest absolute Gasteiger partial charge is 0.0440 e. The molecule has 1 aliphatic carbocycles. The van der Waals surface area contributed by atoms with Crippen LogP contribution in [0.4, 0.5) is 0 Å². The van der Waals surface area contributed by atoms with Gasteiger partial charge >= 0.3 is 0 Å². The Morgan fingerprint density at radius 3 is 2.50 bits per heavy atom. The van der Waals surface area contributed by atoms with E-state index in [-0.39, 0.29) is 0 Å². The van der Waals surface area contributed by atoms with Gasteiger partial charge in [-0.2, -0.15) is 0 Å². The molecule has 0 radical (unpaired) electrons. The van der Waals surface area contributed by atoms with Crippen molar-refractivity contribution < 1.29 is 0 Å². The van der Waals surface area contributed by atoms with Gasteiger partial charge in [-0.05, 0) is 67.8 Å². The number of halogens is 1. The van der Waals surface area contributed by atoms with Gasteiger partial charge < -0.3 is 10.2 Å². The van der Waals surface area contributed by atoms with Gasteiger partial charge in [0.05, 0.1) is 0 Å². The fraction of sp³-hybridized carbons (Fsp3) is 0.647. The maximum atomic E-state index is 6.46. The third-order valence-corrected chi connectivity index (χ3v) is 4.99. The second kappa shape index (κ2) is 6.93. The topological polar surface area (TPSA) is 15.3 Å². The van der Waals surface area contributed by atoms with Gasteiger partial charge in [0.2, 0.25) is 0 Å².